The first-order chi connectivity index (χ1) is 9.23. The minimum atomic E-state index is -4.33. The number of ether oxygens (including phenoxy) is 2. The van der Waals surface area contributed by atoms with Crippen LogP contribution in [-0.4, -0.2) is 43.0 Å². The van der Waals surface area contributed by atoms with Gasteiger partial charge < -0.3 is 9.47 Å². The summed E-state index contributed by atoms with van der Waals surface area (Å²) in [6.07, 6.45) is 5.34. The summed E-state index contributed by atoms with van der Waals surface area (Å²) in [4.78, 5) is 11.7. The van der Waals surface area contributed by atoms with Gasteiger partial charge in [-0.05, 0) is 43.9 Å². The molecule has 0 aromatic heterocycles. The van der Waals surface area contributed by atoms with Gasteiger partial charge in [0.15, 0.2) is 5.75 Å². The molecule has 0 aliphatic heterocycles. The molecule has 20 heavy (non-hydrogen) atoms. The molecule has 2 atom stereocenters. The van der Waals surface area contributed by atoms with Crippen LogP contribution in [0.1, 0.15) is 38.5 Å². The van der Waals surface area contributed by atoms with Crippen LogP contribution in [0.25, 0.3) is 0 Å². The maximum absolute atomic E-state index is 11.7. The molecule has 114 valence electrons. The Balaban J connectivity index is 1.77. The molecular formula is C13H20O6S. The van der Waals surface area contributed by atoms with Gasteiger partial charge in [0.2, 0.25) is 0 Å². The summed E-state index contributed by atoms with van der Waals surface area (Å²) in [5.74, 6) is -0.866. The average Bonchev–Trinajstić information content (AvgIpc) is 2.23. The van der Waals surface area contributed by atoms with Crippen LogP contribution < -0.4 is 0 Å². The number of carbonyl (C=O) groups is 1. The number of methoxy groups -OCH3 is 1. The zero-order valence-electron chi connectivity index (χ0n) is 11.5. The molecular weight excluding hydrogens is 284 g/mol. The molecule has 4 fully saturated rings. The highest BCUT2D eigenvalue weighted by molar-refractivity contribution is 7.86. The Kier molecular flexibility index (Phi) is 3.15. The van der Waals surface area contributed by atoms with Gasteiger partial charge in [0.05, 0.1) is 5.60 Å². The SMILES string of the molecule is COC12CC3CC(C1)CC(OC(=O)CS(=O)(=O)O)(C3)C2. The molecule has 0 saturated heterocycles. The van der Waals surface area contributed by atoms with E-state index in [0.717, 1.165) is 32.1 Å². The van der Waals surface area contributed by atoms with E-state index in [1.54, 1.807) is 7.11 Å². The lowest BCUT2D eigenvalue weighted by atomic mass is 9.52. The highest BCUT2D eigenvalue weighted by Crippen LogP contribution is 2.60. The lowest BCUT2D eigenvalue weighted by molar-refractivity contribution is -0.225. The van der Waals surface area contributed by atoms with Gasteiger partial charge in [-0.15, -0.1) is 0 Å². The van der Waals surface area contributed by atoms with Crippen molar-refractivity contribution in [2.24, 2.45) is 11.8 Å². The van der Waals surface area contributed by atoms with E-state index in [9.17, 15) is 13.2 Å². The van der Waals surface area contributed by atoms with Gasteiger partial charge in [-0.3, -0.25) is 9.35 Å². The van der Waals surface area contributed by atoms with Crippen molar-refractivity contribution in [2.45, 2.75) is 49.7 Å². The van der Waals surface area contributed by atoms with Crippen molar-refractivity contribution in [1.82, 2.24) is 0 Å². The number of rotatable bonds is 4. The summed E-state index contributed by atoms with van der Waals surface area (Å²) < 4.78 is 41.5. The standard InChI is InChI=1S/C13H20O6S/c1-18-12-3-9-2-10(4-12)6-13(5-9,8-12)19-11(14)7-20(15,16)17/h9-10H,2-8H2,1H3,(H,15,16,17). The predicted molar refractivity (Wildman–Crippen MR) is 69.7 cm³/mol. The van der Waals surface area contributed by atoms with E-state index in [1.165, 1.54) is 0 Å². The molecule has 0 amide bonds. The fourth-order valence-electron chi connectivity index (χ4n) is 4.87. The summed E-state index contributed by atoms with van der Waals surface area (Å²) in [6.45, 7) is 0. The third-order valence-corrected chi connectivity index (χ3v) is 5.62. The molecule has 0 aromatic carbocycles. The lowest BCUT2D eigenvalue weighted by Gasteiger charge is -2.60. The highest BCUT2D eigenvalue weighted by atomic mass is 32.2. The van der Waals surface area contributed by atoms with E-state index in [0.29, 0.717) is 18.3 Å². The fourth-order valence-corrected chi connectivity index (χ4v) is 5.23. The van der Waals surface area contributed by atoms with Crippen LogP contribution in [0.4, 0.5) is 0 Å². The molecule has 4 aliphatic carbocycles. The quantitative estimate of drug-likeness (QED) is 0.619. The largest absolute Gasteiger partial charge is 0.458 e. The van der Waals surface area contributed by atoms with E-state index in [-0.39, 0.29) is 5.60 Å². The molecule has 0 heterocycles. The Bertz CT molecular complexity index is 511. The Morgan fingerprint density at radius 2 is 1.75 bits per heavy atom. The van der Waals surface area contributed by atoms with Crippen LogP contribution in [0.3, 0.4) is 0 Å². The van der Waals surface area contributed by atoms with Gasteiger partial charge in [-0.2, -0.15) is 8.42 Å². The van der Waals surface area contributed by atoms with Crippen molar-refractivity contribution in [3.63, 3.8) is 0 Å². The fraction of sp³-hybridized carbons (Fsp3) is 0.923. The molecule has 0 radical (unpaired) electrons. The van der Waals surface area contributed by atoms with E-state index in [4.69, 9.17) is 14.0 Å². The maximum Gasteiger partial charge on any atom is 0.324 e. The average molecular weight is 304 g/mol. The van der Waals surface area contributed by atoms with Crippen LogP contribution in [0, 0.1) is 11.8 Å². The van der Waals surface area contributed by atoms with E-state index in [2.05, 4.69) is 0 Å². The summed E-state index contributed by atoms with van der Waals surface area (Å²) in [6, 6.07) is 0. The number of hydrogen-bond donors (Lipinski definition) is 1. The van der Waals surface area contributed by atoms with Crippen molar-refractivity contribution >= 4 is 16.1 Å². The van der Waals surface area contributed by atoms with Crippen LogP contribution in [-0.2, 0) is 24.4 Å². The molecule has 4 rings (SSSR count). The summed E-state index contributed by atoms with van der Waals surface area (Å²) in [5.41, 5.74) is -0.815. The highest BCUT2D eigenvalue weighted by Gasteiger charge is 2.60. The molecule has 0 aromatic rings. The van der Waals surface area contributed by atoms with Crippen LogP contribution in [0.15, 0.2) is 0 Å². The first kappa shape index (κ1) is 14.3. The van der Waals surface area contributed by atoms with Crippen molar-refractivity contribution < 1.29 is 27.2 Å². The molecule has 1 N–H and O–H groups in total. The van der Waals surface area contributed by atoms with Crippen molar-refractivity contribution in [2.75, 3.05) is 12.9 Å². The Morgan fingerprint density at radius 1 is 1.20 bits per heavy atom. The van der Waals surface area contributed by atoms with E-state index >= 15 is 0 Å². The third-order valence-electron chi connectivity index (χ3n) is 5.02. The van der Waals surface area contributed by atoms with Crippen LogP contribution in [0.2, 0.25) is 0 Å². The Labute approximate surface area is 118 Å². The van der Waals surface area contributed by atoms with Crippen molar-refractivity contribution in [3.8, 4) is 0 Å². The molecule has 4 saturated carbocycles. The normalized spacial score (nSPS) is 42.7. The lowest BCUT2D eigenvalue weighted by Crippen LogP contribution is -2.61. The maximum atomic E-state index is 11.7. The van der Waals surface area contributed by atoms with Crippen molar-refractivity contribution in [1.29, 1.82) is 0 Å². The van der Waals surface area contributed by atoms with Gasteiger partial charge in [-0.25, -0.2) is 0 Å². The second-order valence-corrected chi connectivity index (χ2v) is 8.18. The monoisotopic (exact) mass is 304 g/mol. The molecule has 6 nitrogen and oxygen atoms in total. The van der Waals surface area contributed by atoms with E-state index < -0.39 is 27.4 Å². The molecule has 2 unspecified atom stereocenters. The first-order valence-corrected chi connectivity index (χ1v) is 8.56. The van der Waals surface area contributed by atoms with Gasteiger partial charge in [0.25, 0.3) is 10.1 Å². The zero-order chi connectivity index (χ0) is 14.6. The Morgan fingerprint density at radius 3 is 2.25 bits per heavy atom. The molecule has 4 aliphatic rings. The van der Waals surface area contributed by atoms with E-state index in [1.807, 2.05) is 0 Å². The zero-order valence-corrected chi connectivity index (χ0v) is 12.3. The number of hydrogen-bond acceptors (Lipinski definition) is 5. The van der Waals surface area contributed by atoms with Gasteiger partial charge >= 0.3 is 5.97 Å². The van der Waals surface area contributed by atoms with Gasteiger partial charge in [0, 0.05) is 13.5 Å². The van der Waals surface area contributed by atoms with Gasteiger partial charge in [-0.1, -0.05) is 0 Å². The Hall–Kier alpha value is -0.660. The topological polar surface area (TPSA) is 89.9 Å². The van der Waals surface area contributed by atoms with Crippen LogP contribution in [0.5, 0.6) is 0 Å². The predicted octanol–water partition coefficient (Wildman–Crippen LogP) is 1.16. The molecule has 0 spiro atoms. The summed E-state index contributed by atoms with van der Waals surface area (Å²) in [5, 5.41) is 0. The van der Waals surface area contributed by atoms with Crippen molar-refractivity contribution in [3.05, 3.63) is 0 Å². The minimum absolute atomic E-state index is 0.220. The van der Waals surface area contributed by atoms with Gasteiger partial charge in [0.1, 0.15) is 5.60 Å². The smallest absolute Gasteiger partial charge is 0.324 e. The summed E-state index contributed by atoms with van der Waals surface area (Å²) in [7, 11) is -2.64. The minimum Gasteiger partial charge on any atom is -0.458 e. The number of esters is 1. The second-order valence-electron chi connectivity index (χ2n) is 6.73. The first-order valence-electron chi connectivity index (χ1n) is 6.95. The second kappa shape index (κ2) is 4.42. The summed E-state index contributed by atoms with van der Waals surface area (Å²) >= 11 is 0. The molecule has 4 bridgehead atoms. The number of carbonyl (C=O) groups excluding carboxylic acids is 1. The van der Waals surface area contributed by atoms with Crippen LogP contribution >= 0.6 is 0 Å². The third kappa shape index (κ3) is 2.58. The molecule has 7 heteroatoms.